The van der Waals surface area contributed by atoms with Gasteiger partial charge in [-0.1, -0.05) is 23.7 Å². The molecule has 1 heterocycles. The van der Waals surface area contributed by atoms with Crippen molar-refractivity contribution in [2.24, 2.45) is 0 Å². The number of halogens is 1. The third kappa shape index (κ3) is 5.09. The number of nitrogens with zero attached hydrogens (tertiary/aromatic N) is 1. The number of carboxylic acid groups (broad SMARTS) is 1. The van der Waals surface area contributed by atoms with E-state index in [4.69, 9.17) is 21.4 Å². The molecule has 0 spiro atoms. The van der Waals surface area contributed by atoms with Gasteiger partial charge in [0.25, 0.3) is 0 Å². The van der Waals surface area contributed by atoms with E-state index in [2.05, 4.69) is 10.6 Å². The van der Waals surface area contributed by atoms with E-state index in [0.717, 1.165) is 24.9 Å². The first-order valence-corrected chi connectivity index (χ1v) is 8.97. The zero-order chi connectivity index (χ0) is 19.2. The maximum atomic E-state index is 13.0. The Morgan fingerprint density at radius 1 is 1.42 bits per heavy atom. The fraction of sp³-hybridized carbons (Fsp3) is 0.556. The normalized spacial score (nSPS) is 21.0. The number of carbonyl (C=O) groups excluding carboxylic acids is 1. The number of hydrogen-bond acceptors (Lipinski definition) is 4. The first kappa shape index (κ1) is 20.5. The van der Waals surface area contributed by atoms with Gasteiger partial charge in [-0.15, -0.1) is 0 Å². The number of likely N-dealkylation sites (N-methyl/N-ethyl adjacent to an activating group) is 1. The monoisotopic (exact) mass is 383 g/mol. The van der Waals surface area contributed by atoms with Crippen LogP contribution in [0.25, 0.3) is 0 Å². The van der Waals surface area contributed by atoms with E-state index in [0.29, 0.717) is 18.0 Å². The zero-order valence-corrected chi connectivity index (χ0v) is 15.9. The molecule has 0 saturated carbocycles. The van der Waals surface area contributed by atoms with Crippen LogP contribution >= 0.6 is 11.6 Å². The van der Waals surface area contributed by atoms with E-state index in [1.807, 2.05) is 24.3 Å². The molecular weight excluding hydrogens is 358 g/mol. The molecule has 0 aliphatic carbocycles. The number of amides is 2. The highest BCUT2D eigenvalue weighted by atomic mass is 35.5. The van der Waals surface area contributed by atoms with Crippen LogP contribution in [0.1, 0.15) is 18.4 Å². The molecule has 3 N–H and O–H groups in total. The summed E-state index contributed by atoms with van der Waals surface area (Å²) in [4.78, 5) is 25.7. The number of piperidine rings is 1. The molecule has 7 nitrogen and oxygen atoms in total. The lowest BCUT2D eigenvalue weighted by Gasteiger charge is -2.46. The molecule has 2 atom stereocenters. The van der Waals surface area contributed by atoms with Crippen molar-refractivity contribution in [1.29, 1.82) is 0 Å². The number of benzene rings is 1. The van der Waals surface area contributed by atoms with Crippen molar-refractivity contribution in [1.82, 2.24) is 15.5 Å². The molecule has 1 aromatic carbocycles. The van der Waals surface area contributed by atoms with Crippen LogP contribution in [0.15, 0.2) is 24.3 Å². The lowest BCUT2D eigenvalue weighted by atomic mass is 9.82. The van der Waals surface area contributed by atoms with E-state index in [1.165, 1.54) is 7.11 Å². The van der Waals surface area contributed by atoms with Gasteiger partial charge < -0.3 is 25.4 Å². The molecule has 0 bridgehead atoms. The average molecular weight is 384 g/mol. The van der Waals surface area contributed by atoms with E-state index in [9.17, 15) is 9.59 Å². The zero-order valence-electron chi connectivity index (χ0n) is 15.1. The molecule has 1 aromatic rings. The van der Waals surface area contributed by atoms with Crippen LogP contribution in [0.3, 0.4) is 0 Å². The van der Waals surface area contributed by atoms with Gasteiger partial charge in [0.05, 0.1) is 12.1 Å². The predicted octanol–water partition coefficient (Wildman–Crippen LogP) is 1.75. The van der Waals surface area contributed by atoms with Gasteiger partial charge in [0.1, 0.15) is 6.04 Å². The molecule has 0 aromatic heterocycles. The Morgan fingerprint density at radius 3 is 2.65 bits per heavy atom. The highest BCUT2D eigenvalue weighted by Crippen LogP contribution is 2.28. The molecule has 1 aliphatic heterocycles. The van der Waals surface area contributed by atoms with Gasteiger partial charge in [-0.05, 0) is 43.5 Å². The van der Waals surface area contributed by atoms with E-state index in [-0.39, 0.29) is 12.5 Å². The standard InChI is InChI=1S/C18H26ClN3O4/c1-22(16(23)15(11-26-2)21-17(24)25)18(8-3-9-20-12-18)10-13-4-6-14(19)7-5-13/h4-7,15,20-21H,3,8-12H2,1-2H3,(H,24,25). The minimum Gasteiger partial charge on any atom is -0.465 e. The molecule has 2 unspecified atom stereocenters. The Kier molecular flexibility index (Phi) is 7.25. The minimum atomic E-state index is -1.25. The number of nitrogens with one attached hydrogen (secondary N) is 2. The molecule has 144 valence electrons. The van der Waals surface area contributed by atoms with Crippen LogP contribution in [0.5, 0.6) is 0 Å². The Labute approximate surface area is 158 Å². The topological polar surface area (TPSA) is 90.9 Å². The van der Waals surface area contributed by atoms with Crippen LogP contribution in [0.2, 0.25) is 5.02 Å². The molecule has 1 saturated heterocycles. The van der Waals surface area contributed by atoms with Gasteiger partial charge in [-0.2, -0.15) is 0 Å². The van der Waals surface area contributed by atoms with E-state index in [1.54, 1.807) is 11.9 Å². The number of rotatable bonds is 7. The smallest absolute Gasteiger partial charge is 0.405 e. The maximum absolute atomic E-state index is 13.0. The number of hydrogen-bond donors (Lipinski definition) is 3. The van der Waals surface area contributed by atoms with E-state index < -0.39 is 17.7 Å². The second-order valence-electron chi connectivity index (χ2n) is 6.66. The van der Waals surface area contributed by atoms with Crippen LogP contribution in [0.4, 0.5) is 4.79 Å². The first-order chi connectivity index (χ1) is 12.4. The molecule has 2 amide bonds. The second-order valence-corrected chi connectivity index (χ2v) is 7.10. The Balaban J connectivity index is 2.24. The van der Waals surface area contributed by atoms with Crippen LogP contribution in [-0.2, 0) is 16.0 Å². The molecular formula is C18H26ClN3O4. The maximum Gasteiger partial charge on any atom is 0.405 e. The van der Waals surface area contributed by atoms with E-state index >= 15 is 0 Å². The third-order valence-electron chi connectivity index (χ3n) is 4.87. The lowest BCUT2D eigenvalue weighted by Crippen LogP contribution is -2.63. The Bertz CT molecular complexity index is 617. The van der Waals surface area contributed by atoms with Gasteiger partial charge >= 0.3 is 6.09 Å². The predicted molar refractivity (Wildman–Crippen MR) is 99.6 cm³/mol. The van der Waals surface area contributed by atoms with Crippen molar-refractivity contribution in [2.75, 3.05) is 33.9 Å². The van der Waals surface area contributed by atoms with Crippen molar-refractivity contribution in [3.05, 3.63) is 34.9 Å². The van der Waals surface area contributed by atoms with Crippen molar-refractivity contribution in [3.8, 4) is 0 Å². The third-order valence-corrected chi connectivity index (χ3v) is 5.12. The minimum absolute atomic E-state index is 0.0140. The quantitative estimate of drug-likeness (QED) is 0.667. The van der Waals surface area contributed by atoms with Crippen molar-refractivity contribution in [2.45, 2.75) is 30.8 Å². The number of ether oxygens (including phenoxy) is 1. The van der Waals surface area contributed by atoms with Gasteiger partial charge in [0, 0.05) is 25.7 Å². The van der Waals surface area contributed by atoms with Crippen molar-refractivity contribution in [3.63, 3.8) is 0 Å². The summed E-state index contributed by atoms with van der Waals surface area (Å²) in [6.45, 7) is 1.53. The first-order valence-electron chi connectivity index (χ1n) is 8.59. The van der Waals surface area contributed by atoms with Crippen LogP contribution in [0, 0.1) is 0 Å². The fourth-order valence-corrected chi connectivity index (χ4v) is 3.57. The lowest BCUT2D eigenvalue weighted by molar-refractivity contribution is -0.140. The highest BCUT2D eigenvalue weighted by Gasteiger charge is 2.41. The molecule has 0 radical (unpaired) electrons. The van der Waals surface area contributed by atoms with Gasteiger partial charge in [0.15, 0.2) is 0 Å². The summed E-state index contributed by atoms with van der Waals surface area (Å²) in [5.74, 6) is -0.299. The Morgan fingerprint density at radius 2 is 2.12 bits per heavy atom. The summed E-state index contributed by atoms with van der Waals surface area (Å²) in [7, 11) is 3.17. The van der Waals surface area contributed by atoms with Crippen molar-refractivity contribution < 1.29 is 19.4 Å². The average Bonchev–Trinajstić information content (AvgIpc) is 2.62. The highest BCUT2D eigenvalue weighted by molar-refractivity contribution is 6.30. The van der Waals surface area contributed by atoms with Crippen LogP contribution < -0.4 is 10.6 Å². The molecule has 26 heavy (non-hydrogen) atoms. The summed E-state index contributed by atoms with van der Waals surface area (Å²) in [6.07, 6.45) is 1.18. The molecule has 1 fully saturated rings. The van der Waals surface area contributed by atoms with Crippen LogP contribution in [-0.4, -0.2) is 67.4 Å². The van der Waals surface area contributed by atoms with Gasteiger partial charge in [0.2, 0.25) is 5.91 Å². The summed E-state index contributed by atoms with van der Waals surface area (Å²) in [5.41, 5.74) is 0.641. The number of carbonyl (C=O) groups is 2. The molecule has 1 aliphatic rings. The summed E-state index contributed by atoms with van der Waals surface area (Å²) < 4.78 is 5.02. The van der Waals surface area contributed by atoms with Gasteiger partial charge in [-0.25, -0.2) is 4.79 Å². The largest absolute Gasteiger partial charge is 0.465 e. The SMILES string of the molecule is COCC(NC(=O)O)C(=O)N(C)C1(Cc2ccc(Cl)cc2)CCCNC1. The van der Waals surface area contributed by atoms with Gasteiger partial charge in [-0.3, -0.25) is 4.79 Å². The summed E-state index contributed by atoms with van der Waals surface area (Å²) >= 11 is 5.97. The second kappa shape index (κ2) is 9.21. The molecule has 8 heteroatoms. The Hall–Kier alpha value is -1.83. The number of methoxy groups -OCH3 is 1. The summed E-state index contributed by atoms with van der Waals surface area (Å²) in [5, 5.41) is 15.3. The fourth-order valence-electron chi connectivity index (χ4n) is 3.45. The molecule has 2 rings (SSSR count). The summed E-state index contributed by atoms with van der Waals surface area (Å²) in [6, 6.07) is 6.65. The van der Waals surface area contributed by atoms with Crippen molar-refractivity contribution >= 4 is 23.6 Å².